The Morgan fingerprint density at radius 2 is 1.56 bits per heavy atom. The van der Waals surface area contributed by atoms with Crippen LogP contribution in [0.5, 0.6) is 0 Å². The molecule has 0 aromatic heterocycles. The highest BCUT2D eigenvalue weighted by atomic mass is 32.2. The van der Waals surface area contributed by atoms with Gasteiger partial charge in [0.1, 0.15) is 6.04 Å². The van der Waals surface area contributed by atoms with E-state index in [-0.39, 0.29) is 5.91 Å². The Balaban J connectivity index is 1.60. The third-order valence-electron chi connectivity index (χ3n) is 6.72. The lowest BCUT2D eigenvalue weighted by atomic mass is 9.93. The molecule has 4 aromatic rings. The molecule has 4 aromatic carbocycles. The number of carboxylic acids is 1. The standard InChI is InChI=1S/C33H34N2O3S/c1-23-10-6-8-14-27(23)29-21-25(16-17-28(29)32(36)35-31(33(37)38)18-19-39-2)22-34-30-15-9-7-13-26(30)20-24-11-4-3-5-12-24/h3-17,21,31,34H,18-20,22H2,1-2H3,(H,35,36)(H,37,38)/t31-/m0/s1. The van der Waals surface area contributed by atoms with E-state index in [1.807, 2.05) is 61.7 Å². The van der Waals surface area contributed by atoms with Crippen molar-refractivity contribution >= 4 is 29.3 Å². The van der Waals surface area contributed by atoms with Crippen molar-refractivity contribution < 1.29 is 14.7 Å². The maximum atomic E-state index is 13.3. The lowest BCUT2D eigenvalue weighted by Gasteiger charge is -2.18. The predicted molar refractivity (Wildman–Crippen MR) is 162 cm³/mol. The van der Waals surface area contributed by atoms with Crippen LogP contribution in [0, 0.1) is 6.92 Å². The van der Waals surface area contributed by atoms with Gasteiger partial charge in [0.15, 0.2) is 0 Å². The smallest absolute Gasteiger partial charge is 0.326 e. The van der Waals surface area contributed by atoms with Crippen LogP contribution in [-0.4, -0.2) is 35.0 Å². The summed E-state index contributed by atoms with van der Waals surface area (Å²) in [5, 5.41) is 16.0. The Morgan fingerprint density at radius 1 is 0.846 bits per heavy atom. The second kappa shape index (κ2) is 13.7. The highest BCUT2D eigenvalue weighted by Gasteiger charge is 2.22. The number of hydrogen-bond donors (Lipinski definition) is 3. The summed E-state index contributed by atoms with van der Waals surface area (Å²) < 4.78 is 0. The van der Waals surface area contributed by atoms with E-state index < -0.39 is 12.0 Å². The Bertz CT molecular complexity index is 1420. The van der Waals surface area contributed by atoms with Gasteiger partial charge in [-0.15, -0.1) is 0 Å². The van der Waals surface area contributed by atoms with Gasteiger partial charge in [0.05, 0.1) is 0 Å². The van der Waals surface area contributed by atoms with Crippen molar-refractivity contribution in [2.45, 2.75) is 32.4 Å². The van der Waals surface area contributed by atoms with Gasteiger partial charge in [-0.1, -0.05) is 78.9 Å². The van der Waals surface area contributed by atoms with Gasteiger partial charge in [-0.05, 0) is 83.4 Å². The van der Waals surface area contributed by atoms with E-state index in [0.29, 0.717) is 24.3 Å². The minimum absolute atomic E-state index is 0.367. The molecular weight excluding hydrogens is 504 g/mol. The average molecular weight is 539 g/mol. The van der Waals surface area contributed by atoms with E-state index >= 15 is 0 Å². The monoisotopic (exact) mass is 538 g/mol. The molecule has 39 heavy (non-hydrogen) atoms. The first-order valence-corrected chi connectivity index (χ1v) is 14.4. The van der Waals surface area contributed by atoms with Crippen LogP contribution in [0.15, 0.2) is 97.1 Å². The number of carbonyl (C=O) groups is 2. The summed E-state index contributed by atoms with van der Waals surface area (Å²) >= 11 is 1.56. The van der Waals surface area contributed by atoms with E-state index in [1.54, 1.807) is 17.8 Å². The first-order valence-electron chi connectivity index (χ1n) is 13.0. The third-order valence-corrected chi connectivity index (χ3v) is 7.36. The van der Waals surface area contributed by atoms with Gasteiger partial charge in [0, 0.05) is 17.8 Å². The van der Waals surface area contributed by atoms with E-state index in [0.717, 1.165) is 34.4 Å². The zero-order valence-corrected chi connectivity index (χ0v) is 23.1. The van der Waals surface area contributed by atoms with E-state index in [4.69, 9.17) is 0 Å². The molecule has 1 atom stereocenters. The van der Waals surface area contributed by atoms with Crippen molar-refractivity contribution in [2.75, 3.05) is 17.3 Å². The number of para-hydroxylation sites is 1. The van der Waals surface area contributed by atoms with Crippen LogP contribution in [0.3, 0.4) is 0 Å². The first kappa shape index (κ1) is 28.0. The molecule has 6 heteroatoms. The maximum absolute atomic E-state index is 13.3. The molecule has 5 nitrogen and oxygen atoms in total. The highest BCUT2D eigenvalue weighted by molar-refractivity contribution is 7.98. The van der Waals surface area contributed by atoms with Gasteiger partial charge in [0.25, 0.3) is 5.91 Å². The molecular formula is C33H34N2O3S. The highest BCUT2D eigenvalue weighted by Crippen LogP contribution is 2.29. The van der Waals surface area contributed by atoms with Crippen LogP contribution >= 0.6 is 11.8 Å². The van der Waals surface area contributed by atoms with Gasteiger partial charge < -0.3 is 15.7 Å². The topological polar surface area (TPSA) is 78.4 Å². The Morgan fingerprint density at radius 3 is 2.31 bits per heavy atom. The van der Waals surface area contributed by atoms with Gasteiger partial charge >= 0.3 is 5.97 Å². The van der Waals surface area contributed by atoms with Crippen molar-refractivity contribution in [3.63, 3.8) is 0 Å². The number of anilines is 1. The van der Waals surface area contributed by atoms with Crippen molar-refractivity contribution in [1.82, 2.24) is 5.32 Å². The quantitative estimate of drug-likeness (QED) is 0.185. The van der Waals surface area contributed by atoms with Gasteiger partial charge in [-0.25, -0.2) is 4.79 Å². The molecule has 200 valence electrons. The summed E-state index contributed by atoms with van der Waals surface area (Å²) in [7, 11) is 0. The summed E-state index contributed by atoms with van der Waals surface area (Å²) in [6.45, 7) is 2.60. The number of carboxylic acid groups (broad SMARTS) is 1. The molecule has 4 rings (SSSR count). The van der Waals surface area contributed by atoms with E-state index in [2.05, 4.69) is 53.1 Å². The van der Waals surface area contributed by atoms with Crippen LogP contribution in [0.4, 0.5) is 5.69 Å². The Hall–Kier alpha value is -4.03. The first-order chi connectivity index (χ1) is 19.0. The second-order valence-corrected chi connectivity index (χ2v) is 10.5. The summed E-state index contributed by atoms with van der Waals surface area (Å²) in [5.74, 6) is -0.752. The fraction of sp³-hybridized carbons (Fsp3) is 0.212. The number of benzene rings is 4. The maximum Gasteiger partial charge on any atom is 0.326 e. The van der Waals surface area contributed by atoms with E-state index in [1.165, 1.54) is 11.1 Å². The summed E-state index contributed by atoms with van der Waals surface area (Å²) in [6, 6.07) is 31.5. The molecule has 0 aliphatic carbocycles. The fourth-order valence-electron chi connectivity index (χ4n) is 4.59. The Kier molecular flexibility index (Phi) is 9.81. The van der Waals surface area contributed by atoms with Gasteiger partial charge in [-0.3, -0.25) is 4.79 Å². The molecule has 0 bridgehead atoms. The molecule has 0 radical (unpaired) electrons. The number of carbonyl (C=O) groups excluding carboxylic acids is 1. The molecule has 0 aliphatic rings. The van der Waals surface area contributed by atoms with Crippen LogP contribution in [0.1, 0.15) is 39.0 Å². The zero-order chi connectivity index (χ0) is 27.6. The number of aryl methyl sites for hydroxylation is 1. The van der Waals surface area contributed by atoms with Gasteiger partial charge in [-0.2, -0.15) is 11.8 Å². The zero-order valence-electron chi connectivity index (χ0n) is 22.3. The van der Waals surface area contributed by atoms with Crippen LogP contribution in [0.2, 0.25) is 0 Å². The van der Waals surface area contributed by atoms with Crippen molar-refractivity contribution in [3.8, 4) is 11.1 Å². The summed E-state index contributed by atoms with van der Waals surface area (Å²) in [5.41, 5.74) is 7.80. The minimum Gasteiger partial charge on any atom is -0.480 e. The van der Waals surface area contributed by atoms with Crippen LogP contribution in [-0.2, 0) is 17.8 Å². The molecule has 1 amide bonds. The molecule has 0 heterocycles. The number of amides is 1. The lowest BCUT2D eigenvalue weighted by Crippen LogP contribution is -2.41. The summed E-state index contributed by atoms with van der Waals surface area (Å²) in [6.07, 6.45) is 3.12. The molecule has 0 spiro atoms. The average Bonchev–Trinajstić information content (AvgIpc) is 2.95. The molecule has 3 N–H and O–H groups in total. The summed E-state index contributed by atoms with van der Waals surface area (Å²) in [4.78, 5) is 25.1. The normalized spacial score (nSPS) is 11.5. The predicted octanol–water partition coefficient (Wildman–Crippen LogP) is 6.80. The minimum atomic E-state index is -1.02. The van der Waals surface area contributed by atoms with Crippen LogP contribution in [0.25, 0.3) is 11.1 Å². The SMILES string of the molecule is CSCC[C@H](NC(=O)c1ccc(CNc2ccccc2Cc2ccccc2)cc1-c1ccccc1C)C(=O)O. The number of aliphatic carboxylic acids is 1. The van der Waals surface area contributed by atoms with Crippen LogP contribution < -0.4 is 10.6 Å². The molecule has 0 unspecified atom stereocenters. The number of thioether (sulfide) groups is 1. The largest absolute Gasteiger partial charge is 0.480 e. The number of rotatable bonds is 12. The Labute approximate surface area is 234 Å². The van der Waals surface area contributed by atoms with Crippen molar-refractivity contribution in [3.05, 3.63) is 125 Å². The second-order valence-electron chi connectivity index (χ2n) is 9.51. The fourth-order valence-corrected chi connectivity index (χ4v) is 5.06. The molecule has 0 saturated carbocycles. The van der Waals surface area contributed by atoms with Gasteiger partial charge in [0.2, 0.25) is 0 Å². The third kappa shape index (κ3) is 7.52. The number of hydrogen-bond acceptors (Lipinski definition) is 4. The van der Waals surface area contributed by atoms with Crippen molar-refractivity contribution in [2.24, 2.45) is 0 Å². The number of nitrogens with one attached hydrogen (secondary N) is 2. The molecule has 0 aliphatic heterocycles. The lowest BCUT2D eigenvalue weighted by molar-refractivity contribution is -0.139. The molecule has 0 saturated heterocycles. The van der Waals surface area contributed by atoms with E-state index in [9.17, 15) is 14.7 Å². The van der Waals surface area contributed by atoms with Crippen molar-refractivity contribution in [1.29, 1.82) is 0 Å². The molecule has 0 fully saturated rings.